The maximum Gasteiger partial charge on any atom is 0.317 e. The number of methoxy groups -OCH3 is 1. The topological polar surface area (TPSA) is 70.4 Å². The Morgan fingerprint density at radius 2 is 1.97 bits per heavy atom. The first-order valence-corrected chi connectivity index (χ1v) is 11.8. The summed E-state index contributed by atoms with van der Waals surface area (Å²) in [5.41, 5.74) is 0.811. The summed E-state index contributed by atoms with van der Waals surface area (Å²) >= 11 is 12.5. The summed E-state index contributed by atoms with van der Waals surface area (Å²) in [4.78, 5) is 26.3. The third-order valence-electron chi connectivity index (χ3n) is 6.85. The average Bonchev–Trinajstić information content (AvgIpc) is 3.39. The molecule has 1 aromatic carbocycles. The molecule has 1 aliphatic heterocycles. The predicted octanol–water partition coefficient (Wildman–Crippen LogP) is 4.97. The predicted molar refractivity (Wildman–Crippen MR) is 122 cm³/mol. The number of hydrogen-bond donors (Lipinski definition) is 0. The number of benzene rings is 1. The van der Waals surface area contributed by atoms with Gasteiger partial charge in [-0.2, -0.15) is 5.10 Å². The number of carbonyl (C=O) groups is 2. The van der Waals surface area contributed by atoms with Crippen LogP contribution in [0.4, 0.5) is 0 Å². The number of rotatable bonds is 7. The highest BCUT2D eigenvalue weighted by molar-refractivity contribution is 6.32. The Bertz CT molecular complexity index is 995. The van der Waals surface area contributed by atoms with E-state index in [1.807, 2.05) is 18.2 Å². The molecule has 8 heteroatoms. The molecule has 2 fully saturated rings. The quantitative estimate of drug-likeness (QED) is 0.414. The number of ether oxygens (including phenoxy) is 2. The fourth-order valence-corrected chi connectivity index (χ4v) is 5.67. The molecule has 2 heterocycles. The number of hydrogen-bond acceptors (Lipinski definition) is 5. The van der Waals surface area contributed by atoms with Gasteiger partial charge in [0.05, 0.1) is 22.8 Å². The molecule has 1 saturated heterocycles. The van der Waals surface area contributed by atoms with Crippen molar-refractivity contribution < 1.29 is 19.1 Å². The Balaban J connectivity index is 1.53. The smallest absolute Gasteiger partial charge is 0.317 e. The van der Waals surface area contributed by atoms with E-state index in [9.17, 15) is 9.59 Å². The number of ketones is 1. The van der Waals surface area contributed by atoms with Crippen molar-refractivity contribution in [1.82, 2.24) is 9.78 Å². The molecule has 1 aromatic heterocycles. The van der Waals surface area contributed by atoms with E-state index >= 15 is 0 Å². The van der Waals surface area contributed by atoms with Crippen molar-refractivity contribution in [2.24, 2.45) is 18.9 Å². The van der Waals surface area contributed by atoms with E-state index in [2.05, 4.69) is 5.10 Å². The van der Waals surface area contributed by atoms with E-state index in [1.54, 1.807) is 25.0 Å². The summed E-state index contributed by atoms with van der Waals surface area (Å²) < 4.78 is 13.0. The molecular formula is C24H28Cl2N2O4. The van der Waals surface area contributed by atoms with Crippen molar-refractivity contribution in [2.45, 2.75) is 57.0 Å². The molecule has 0 amide bonds. The molecule has 32 heavy (non-hydrogen) atoms. The van der Waals surface area contributed by atoms with Gasteiger partial charge in [-0.3, -0.25) is 14.3 Å². The third-order valence-corrected chi connectivity index (χ3v) is 7.47. The molecule has 2 aromatic rings. The van der Waals surface area contributed by atoms with E-state index in [0.29, 0.717) is 34.3 Å². The summed E-state index contributed by atoms with van der Waals surface area (Å²) in [5.74, 6) is -0.572. The molecule has 2 unspecified atom stereocenters. The molecule has 1 saturated carbocycles. The lowest BCUT2D eigenvalue weighted by Crippen LogP contribution is -2.52. The van der Waals surface area contributed by atoms with Crippen LogP contribution in [0.1, 0.15) is 49.8 Å². The van der Waals surface area contributed by atoms with E-state index in [4.69, 9.17) is 32.7 Å². The largest absolute Gasteiger partial charge is 0.495 e. The van der Waals surface area contributed by atoms with Gasteiger partial charge in [0.25, 0.3) is 0 Å². The van der Waals surface area contributed by atoms with Gasteiger partial charge in [-0.25, -0.2) is 0 Å². The SMILES string of the molecule is COc1ccc(CCC2(C3CCCC3)CC(=O)C(Cc3nn(C)cc3Cl)C(=O)O2)cc1Cl. The first kappa shape index (κ1) is 23.1. The third kappa shape index (κ3) is 4.67. The van der Waals surface area contributed by atoms with Crippen LogP contribution in [0.5, 0.6) is 5.75 Å². The monoisotopic (exact) mass is 478 g/mol. The lowest BCUT2D eigenvalue weighted by Gasteiger charge is -2.43. The fourth-order valence-electron chi connectivity index (χ4n) is 5.14. The first-order valence-electron chi connectivity index (χ1n) is 11.1. The van der Waals surface area contributed by atoms with Crippen molar-refractivity contribution in [2.75, 3.05) is 7.11 Å². The second-order valence-corrected chi connectivity index (χ2v) is 9.75. The van der Waals surface area contributed by atoms with Crippen LogP contribution in [-0.2, 0) is 34.2 Å². The Hall–Kier alpha value is -2.05. The van der Waals surface area contributed by atoms with Crippen molar-refractivity contribution >= 4 is 35.0 Å². The van der Waals surface area contributed by atoms with Gasteiger partial charge in [-0.15, -0.1) is 0 Å². The van der Waals surface area contributed by atoms with Gasteiger partial charge < -0.3 is 9.47 Å². The molecule has 6 nitrogen and oxygen atoms in total. The number of esters is 1. The highest BCUT2D eigenvalue weighted by Crippen LogP contribution is 2.45. The van der Waals surface area contributed by atoms with Crippen LogP contribution in [0.15, 0.2) is 24.4 Å². The second kappa shape index (κ2) is 9.44. The minimum Gasteiger partial charge on any atom is -0.495 e. The van der Waals surface area contributed by atoms with E-state index in [1.165, 1.54) is 0 Å². The lowest BCUT2D eigenvalue weighted by atomic mass is 9.73. The van der Waals surface area contributed by atoms with Gasteiger partial charge in [0.15, 0.2) is 5.78 Å². The normalized spacial score (nSPS) is 24.1. The first-order chi connectivity index (χ1) is 15.3. The van der Waals surface area contributed by atoms with E-state index in [-0.39, 0.29) is 24.5 Å². The molecule has 1 aliphatic carbocycles. The summed E-state index contributed by atoms with van der Waals surface area (Å²) in [7, 11) is 3.34. The minimum absolute atomic E-state index is 0.0809. The number of carbonyl (C=O) groups excluding carboxylic acids is 2. The standard InChI is InChI=1S/C24H28Cl2N2O4/c1-28-14-19(26)20(27-28)12-17-21(29)13-24(32-23(17)30,16-5-3-4-6-16)10-9-15-7-8-22(31-2)18(25)11-15/h7-8,11,14,16-17H,3-6,9-10,12-13H2,1-2H3. The van der Waals surface area contributed by atoms with Gasteiger partial charge in [-0.05, 0) is 49.3 Å². The Labute approximate surface area is 198 Å². The summed E-state index contributed by atoms with van der Waals surface area (Å²) in [6.07, 6.45) is 7.47. The number of nitrogens with zero attached hydrogens (tertiary/aromatic N) is 2. The highest BCUT2D eigenvalue weighted by atomic mass is 35.5. The minimum atomic E-state index is -0.854. The molecule has 4 rings (SSSR count). The van der Waals surface area contributed by atoms with Crippen LogP contribution in [-0.4, -0.2) is 34.2 Å². The van der Waals surface area contributed by atoms with Gasteiger partial charge in [0, 0.05) is 26.1 Å². The molecule has 2 aliphatic rings. The van der Waals surface area contributed by atoms with Crippen LogP contribution in [0.2, 0.25) is 10.0 Å². The number of aromatic nitrogens is 2. The maximum atomic E-state index is 13.2. The molecule has 2 atom stereocenters. The zero-order valence-electron chi connectivity index (χ0n) is 18.4. The zero-order chi connectivity index (χ0) is 22.9. The van der Waals surface area contributed by atoms with Crippen LogP contribution in [0, 0.1) is 11.8 Å². The average molecular weight is 479 g/mol. The molecule has 0 spiro atoms. The lowest BCUT2D eigenvalue weighted by molar-refractivity contribution is -0.185. The number of Topliss-reactive ketones (excluding diaryl/α,β-unsaturated/α-hetero) is 1. The second-order valence-electron chi connectivity index (χ2n) is 8.93. The van der Waals surface area contributed by atoms with Crippen LogP contribution >= 0.6 is 23.2 Å². The van der Waals surface area contributed by atoms with Crippen molar-refractivity contribution in [3.8, 4) is 5.75 Å². The van der Waals surface area contributed by atoms with Crippen LogP contribution < -0.4 is 4.74 Å². The zero-order valence-corrected chi connectivity index (χ0v) is 19.9. The van der Waals surface area contributed by atoms with Crippen molar-refractivity contribution in [1.29, 1.82) is 0 Å². The number of aryl methyl sites for hydroxylation is 2. The van der Waals surface area contributed by atoms with Gasteiger partial charge in [0.1, 0.15) is 17.3 Å². The fraction of sp³-hybridized carbons (Fsp3) is 0.542. The van der Waals surface area contributed by atoms with E-state index in [0.717, 1.165) is 31.2 Å². The summed E-state index contributed by atoms with van der Waals surface area (Å²) in [6, 6.07) is 5.68. The van der Waals surface area contributed by atoms with Gasteiger partial charge in [0.2, 0.25) is 0 Å². The molecule has 172 valence electrons. The molecule has 0 N–H and O–H groups in total. The molecule has 0 bridgehead atoms. The van der Waals surface area contributed by atoms with Crippen molar-refractivity contribution in [3.63, 3.8) is 0 Å². The van der Waals surface area contributed by atoms with Crippen molar-refractivity contribution in [3.05, 3.63) is 45.7 Å². The highest BCUT2D eigenvalue weighted by Gasteiger charge is 2.51. The van der Waals surface area contributed by atoms with Gasteiger partial charge >= 0.3 is 5.97 Å². The van der Waals surface area contributed by atoms with Gasteiger partial charge in [-0.1, -0.05) is 42.1 Å². The maximum absolute atomic E-state index is 13.2. The van der Waals surface area contributed by atoms with Crippen LogP contribution in [0.25, 0.3) is 0 Å². The molecular weight excluding hydrogens is 451 g/mol. The Kier molecular flexibility index (Phi) is 6.82. The Morgan fingerprint density at radius 3 is 2.56 bits per heavy atom. The van der Waals surface area contributed by atoms with Crippen LogP contribution in [0.3, 0.4) is 0 Å². The molecule has 0 radical (unpaired) electrons. The van der Waals surface area contributed by atoms with E-state index < -0.39 is 17.5 Å². The number of cyclic esters (lactones) is 1. The summed E-state index contributed by atoms with van der Waals surface area (Å²) in [6.45, 7) is 0. The summed E-state index contributed by atoms with van der Waals surface area (Å²) in [5, 5.41) is 5.29. The number of halogens is 2. The Morgan fingerprint density at radius 1 is 1.22 bits per heavy atom.